The van der Waals surface area contributed by atoms with Crippen molar-refractivity contribution in [2.75, 3.05) is 20.1 Å². The Morgan fingerprint density at radius 2 is 2.06 bits per heavy atom. The van der Waals surface area contributed by atoms with E-state index in [4.69, 9.17) is 0 Å². The molecule has 1 unspecified atom stereocenters. The van der Waals surface area contributed by atoms with Crippen LogP contribution in [-0.4, -0.2) is 37.0 Å². The van der Waals surface area contributed by atoms with E-state index in [1.807, 2.05) is 24.1 Å². The summed E-state index contributed by atoms with van der Waals surface area (Å²) < 4.78 is 0. The summed E-state index contributed by atoms with van der Waals surface area (Å²) in [7, 11) is 1.94. The van der Waals surface area contributed by atoms with Crippen molar-refractivity contribution in [1.29, 1.82) is 0 Å². The SMILES string of the molecule is C=CCC(CC=C)C(=O)N1CCCC1CNC.Cl. The minimum absolute atomic E-state index is 0. The van der Waals surface area contributed by atoms with Crippen LogP contribution in [0.25, 0.3) is 0 Å². The van der Waals surface area contributed by atoms with Crippen LogP contribution in [0.5, 0.6) is 0 Å². The van der Waals surface area contributed by atoms with Gasteiger partial charge < -0.3 is 10.2 Å². The maximum absolute atomic E-state index is 12.4. The predicted molar refractivity (Wildman–Crippen MR) is 79.0 cm³/mol. The van der Waals surface area contributed by atoms with E-state index >= 15 is 0 Å². The van der Waals surface area contributed by atoms with E-state index in [-0.39, 0.29) is 24.2 Å². The maximum atomic E-state index is 12.4. The molecule has 1 aliphatic rings. The predicted octanol–water partition coefficient (Wildman–Crippen LogP) is 2.39. The highest BCUT2D eigenvalue weighted by molar-refractivity contribution is 5.85. The fourth-order valence-corrected chi connectivity index (χ4v) is 2.51. The van der Waals surface area contributed by atoms with E-state index in [2.05, 4.69) is 18.5 Å². The van der Waals surface area contributed by atoms with Crippen molar-refractivity contribution in [2.24, 2.45) is 5.92 Å². The first-order chi connectivity index (χ1) is 8.24. The third kappa shape index (κ3) is 4.46. The number of likely N-dealkylation sites (N-methyl/N-ethyl adjacent to an activating group) is 1. The van der Waals surface area contributed by atoms with Gasteiger partial charge in [0.1, 0.15) is 0 Å². The summed E-state index contributed by atoms with van der Waals surface area (Å²) in [5.74, 6) is 0.296. The van der Waals surface area contributed by atoms with Crippen LogP contribution in [-0.2, 0) is 4.79 Å². The Balaban J connectivity index is 0.00000289. The summed E-state index contributed by atoms with van der Waals surface area (Å²) in [5, 5.41) is 3.16. The molecule has 1 rings (SSSR count). The van der Waals surface area contributed by atoms with Crippen LogP contribution in [0.15, 0.2) is 25.3 Å². The van der Waals surface area contributed by atoms with E-state index in [9.17, 15) is 4.79 Å². The van der Waals surface area contributed by atoms with Crippen LogP contribution in [0.1, 0.15) is 25.7 Å². The highest BCUT2D eigenvalue weighted by Gasteiger charge is 2.31. The Morgan fingerprint density at radius 3 is 2.56 bits per heavy atom. The number of nitrogens with one attached hydrogen (secondary N) is 1. The van der Waals surface area contributed by atoms with Gasteiger partial charge in [0.05, 0.1) is 0 Å². The average molecular weight is 273 g/mol. The fraction of sp³-hybridized carbons (Fsp3) is 0.643. The Bertz CT molecular complexity index is 271. The molecule has 1 N–H and O–H groups in total. The molecule has 104 valence electrons. The molecule has 0 aliphatic carbocycles. The molecular formula is C14H25ClN2O. The summed E-state index contributed by atoms with van der Waals surface area (Å²) in [6, 6.07) is 0.365. The van der Waals surface area contributed by atoms with Crippen molar-refractivity contribution in [3.63, 3.8) is 0 Å². The molecule has 0 aromatic heterocycles. The Morgan fingerprint density at radius 1 is 1.44 bits per heavy atom. The van der Waals surface area contributed by atoms with Crippen molar-refractivity contribution < 1.29 is 4.79 Å². The number of carbonyl (C=O) groups excluding carboxylic acids is 1. The third-order valence-electron chi connectivity index (χ3n) is 3.35. The van der Waals surface area contributed by atoms with Crippen molar-refractivity contribution in [1.82, 2.24) is 10.2 Å². The summed E-state index contributed by atoms with van der Waals surface area (Å²) in [6.45, 7) is 9.25. The Kier molecular flexibility index (Phi) is 8.77. The third-order valence-corrected chi connectivity index (χ3v) is 3.35. The van der Waals surface area contributed by atoms with Gasteiger partial charge in [0.2, 0.25) is 5.91 Å². The first-order valence-electron chi connectivity index (χ1n) is 6.41. The number of nitrogens with zero attached hydrogens (tertiary/aromatic N) is 1. The number of hydrogen-bond donors (Lipinski definition) is 1. The molecule has 1 aliphatic heterocycles. The lowest BCUT2D eigenvalue weighted by Crippen LogP contribution is -2.43. The smallest absolute Gasteiger partial charge is 0.226 e. The van der Waals surface area contributed by atoms with E-state index < -0.39 is 0 Å². The lowest BCUT2D eigenvalue weighted by Gasteiger charge is -2.28. The highest BCUT2D eigenvalue weighted by Crippen LogP contribution is 2.22. The number of amides is 1. The maximum Gasteiger partial charge on any atom is 0.226 e. The lowest BCUT2D eigenvalue weighted by molar-refractivity contribution is -0.136. The molecule has 0 aromatic rings. The molecule has 0 radical (unpaired) electrons. The van der Waals surface area contributed by atoms with Gasteiger partial charge in [-0.15, -0.1) is 25.6 Å². The van der Waals surface area contributed by atoms with E-state index in [1.165, 1.54) is 0 Å². The molecule has 0 spiro atoms. The van der Waals surface area contributed by atoms with E-state index in [0.29, 0.717) is 6.04 Å². The second-order valence-electron chi connectivity index (χ2n) is 4.63. The zero-order valence-corrected chi connectivity index (χ0v) is 12.0. The Hall–Kier alpha value is -0.800. The van der Waals surface area contributed by atoms with E-state index in [0.717, 1.165) is 38.8 Å². The van der Waals surface area contributed by atoms with Gasteiger partial charge in [-0.3, -0.25) is 4.79 Å². The minimum Gasteiger partial charge on any atom is -0.338 e. The first-order valence-corrected chi connectivity index (χ1v) is 6.41. The first kappa shape index (κ1) is 17.2. The standard InChI is InChI=1S/C14H24N2O.ClH/c1-4-7-12(8-5-2)14(17)16-10-6-9-13(16)11-15-3;/h4-5,12-13,15H,1-2,6-11H2,3H3;1H. The van der Waals surface area contributed by atoms with Crippen LogP contribution in [0.4, 0.5) is 0 Å². The molecule has 3 nitrogen and oxygen atoms in total. The molecular weight excluding hydrogens is 248 g/mol. The number of halogens is 1. The normalized spacial score (nSPS) is 18.6. The summed E-state index contributed by atoms with van der Waals surface area (Å²) in [4.78, 5) is 14.4. The molecule has 1 amide bonds. The van der Waals surface area contributed by atoms with Crippen LogP contribution < -0.4 is 5.32 Å². The number of likely N-dealkylation sites (tertiary alicyclic amines) is 1. The van der Waals surface area contributed by atoms with Crippen LogP contribution in [0, 0.1) is 5.92 Å². The summed E-state index contributed by atoms with van der Waals surface area (Å²) in [5.41, 5.74) is 0. The lowest BCUT2D eigenvalue weighted by atomic mass is 9.99. The monoisotopic (exact) mass is 272 g/mol. The molecule has 18 heavy (non-hydrogen) atoms. The molecule has 4 heteroatoms. The largest absolute Gasteiger partial charge is 0.338 e. The van der Waals surface area contributed by atoms with Crippen LogP contribution >= 0.6 is 12.4 Å². The highest BCUT2D eigenvalue weighted by atomic mass is 35.5. The summed E-state index contributed by atoms with van der Waals surface area (Å²) in [6.07, 6.45) is 7.38. The van der Waals surface area contributed by atoms with Gasteiger partial charge in [-0.25, -0.2) is 0 Å². The van der Waals surface area contributed by atoms with Crippen molar-refractivity contribution in [3.8, 4) is 0 Å². The number of carbonyl (C=O) groups is 1. The summed E-state index contributed by atoms with van der Waals surface area (Å²) >= 11 is 0. The fourth-order valence-electron chi connectivity index (χ4n) is 2.51. The Labute approximate surface area is 117 Å². The van der Waals surface area contributed by atoms with Gasteiger partial charge in [0, 0.05) is 25.0 Å². The van der Waals surface area contributed by atoms with Gasteiger partial charge in [-0.1, -0.05) is 12.2 Å². The minimum atomic E-state index is 0. The van der Waals surface area contributed by atoms with Crippen molar-refractivity contribution in [3.05, 3.63) is 25.3 Å². The van der Waals surface area contributed by atoms with E-state index in [1.54, 1.807) is 0 Å². The molecule has 1 saturated heterocycles. The van der Waals surface area contributed by atoms with Crippen molar-refractivity contribution in [2.45, 2.75) is 31.7 Å². The number of allylic oxidation sites excluding steroid dienone is 2. The number of hydrogen-bond acceptors (Lipinski definition) is 2. The zero-order chi connectivity index (χ0) is 12.7. The molecule has 1 fully saturated rings. The topological polar surface area (TPSA) is 32.3 Å². The zero-order valence-electron chi connectivity index (χ0n) is 11.2. The molecule has 1 heterocycles. The van der Waals surface area contributed by atoms with Gasteiger partial charge in [-0.05, 0) is 32.7 Å². The van der Waals surface area contributed by atoms with Gasteiger partial charge >= 0.3 is 0 Å². The molecule has 1 atom stereocenters. The van der Waals surface area contributed by atoms with Crippen LogP contribution in [0.2, 0.25) is 0 Å². The van der Waals surface area contributed by atoms with Crippen LogP contribution in [0.3, 0.4) is 0 Å². The van der Waals surface area contributed by atoms with Gasteiger partial charge in [-0.2, -0.15) is 0 Å². The molecule has 0 bridgehead atoms. The molecule has 0 aromatic carbocycles. The molecule has 0 saturated carbocycles. The average Bonchev–Trinajstić information content (AvgIpc) is 2.77. The van der Waals surface area contributed by atoms with Gasteiger partial charge in [0.25, 0.3) is 0 Å². The van der Waals surface area contributed by atoms with Gasteiger partial charge in [0.15, 0.2) is 0 Å². The number of rotatable bonds is 7. The second-order valence-corrected chi connectivity index (χ2v) is 4.63. The second kappa shape index (κ2) is 9.17. The van der Waals surface area contributed by atoms with Crippen molar-refractivity contribution >= 4 is 18.3 Å². The quantitative estimate of drug-likeness (QED) is 0.722.